The topological polar surface area (TPSA) is 134 Å². The molecule has 35 heavy (non-hydrogen) atoms. The van der Waals surface area contributed by atoms with Gasteiger partial charge < -0.3 is 30.1 Å². The van der Waals surface area contributed by atoms with Crippen LogP contribution in [0.2, 0.25) is 0 Å². The van der Waals surface area contributed by atoms with Crippen LogP contribution in [0.4, 0.5) is 4.79 Å². The quantitative estimate of drug-likeness (QED) is 0.404. The Hall–Kier alpha value is -3.30. The molecule has 0 bridgehead atoms. The van der Waals surface area contributed by atoms with E-state index in [0.29, 0.717) is 12.0 Å². The fourth-order valence-electron chi connectivity index (χ4n) is 3.38. The van der Waals surface area contributed by atoms with Gasteiger partial charge in [-0.05, 0) is 57.7 Å². The van der Waals surface area contributed by atoms with Crippen molar-refractivity contribution in [2.24, 2.45) is 5.92 Å². The second kappa shape index (κ2) is 13.6. The molecule has 3 N–H and O–H groups in total. The number of likely N-dealkylation sites (N-methyl/N-ethyl adjacent to an activating group) is 1. The maximum absolute atomic E-state index is 13.5. The number of benzene rings is 1. The van der Waals surface area contributed by atoms with Gasteiger partial charge in [-0.25, -0.2) is 4.79 Å². The van der Waals surface area contributed by atoms with Gasteiger partial charge in [0.1, 0.15) is 23.4 Å². The molecule has 0 saturated heterocycles. The van der Waals surface area contributed by atoms with E-state index in [-0.39, 0.29) is 31.2 Å². The van der Waals surface area contributed by atoms with Crippen LogP contribution in [0, 0.1) is 5.92 Å². The van der Waals surface area contributed by atoms with Gasteiger partial charge in [0.25, 0.3) is 0 Å². The molecule has 2 atom stereocenters. The molecule has 0 radical (unpaired) electrons. The summed E-state index contributed by atoms with van der Waals surface area (Å²) in [6, 6.07) is 3.95. The number of phenolic OH excluding ortho intramolecular Hbond substituents is 1. The molecule has 1 aromatic rings. The van der Waals surface area contributed by atoms with E-state index in [1.165, 1.54) is 24.1 Å². The average molecular weight is 494 g/mol. The van der Waals surface area contributed by atoms with Crippen molar-refractivity contribution in [1.82, 2.24) is 15.5 Å². The lowest BCUT2D eigenvalue weighted by Crippen LogP contribution is -2.52. The van der Waals surface area contributed by atoms with Crippen LogP contribution in [0.1, 0.15) is 66.0 Å². The number of carbonyl (C=O) groups is 4. The van der Waals surface area contributed by atoms with Gasteiger partial charge in [-0.2, -0.15) is 0 Å². The Morgan fingerprint density at radius 3 is 2.34 bits per heavy atom. The number of nitrogens with one attached hydrogen (secondary N) is 2. The minimum Gasteiger partial charge on any atom is -0.508 e. The monoisotopic (exact) mass is 493 g/mol. The first-order chi connectivity index (χ1) is 16.2. The summed E-state index contributed by atoms with van der Waals surface area (Å²) in [6.07, 6.45) is -0.447. The lowest BCUT2D eigenvalue weighted by molar-refractivity contribution is -0.143. The molecule has 0 spiro atoms. The summed E-state index contributed by atoms with van der Waals surface area (Å²) in [4.78, 5) is 51.9. The Morgan fingerprint density at radius 1 is 1.14 bits per heavy atom. The summed E-state index contributed by atoms with van der Waals surface area (Å²) in [7, 11) is 1.45. The Morgan fingerprint density at radius 2 is 1.80 bits per heavy atom. The average Bonchev–Trinajstić information content (AvgIpc) is 2.71. The number of carbonyl (C=O) groups excluding carboxylic acids is 4. The van der Waals surface area contributed by atoms with Crippen molar-refractivity contribution in [3.63, 3.8) is 0 Å². The van der Waals surface area contributed by atoms with Gasteiger partial charge in [-0.1, -0.05) is 26.0 Å². The predicted octanol–water partition coefficient (Wildman–Crippen LogP) is 2.90. The van der Waals surface area contributed by atoms with Gasteiger partial charge in [-0.15, -0.1) is 0 Å². The molecule has 0 heterocycles. The van der Waals surface area contributed by atoms with E-state index in [0.717, 1.165) is 0 Å². The van der Waals surface area contributed by atoms with Gasteiger partial charge in [0.15, 0.2) is 0 Å². The molecule has 1 aromatic carbocycles. The van der Waals surface area contributed by atoms with Crippen LogP contribution in [0.5, 0.6) is 5.75 Å². The molecule has 0 aliphatic heterocycles. The van der Waals surface area contributed by atoms with E-state index in [1.54, 1.807) is 39.8 Å². The van der Waals surface area contributed by atoms with Crippen molar-refractivity contribution in [2.45, 2.75) is 72.1 Å². The number of nitrogens with zero attached hydrogens (tertiary/aromatic N) is 1. The van der Waals surface area contributed by atoms with Gasteiger partial charge in [0, 0.05) is 13.6 Å². The Bertz CT molecular complexity index is 880. The lowest BCUT2D eigenvalue weighted by Gasteiger charge is -2.32. The zero-order valence-electron chi connectivity index (χ0n) is 21.7. The highest BCUT2D eigenvalue weighted by atomic mass is 16.6. The Labute approximate surface area is 207 Å². The minimum absolute atomic E-state index is 0.0145. The second-order valence-electron chi connectivity index (χ2n) is 9.62. The van der Waals surface area contributed by atoms with Crippen LogP contribution >= 0.6 is 0 Å². The first-order valence-electron chi connectivity index (χ1n) is 11.7. The van der Waals surface area contributed by atoms with Crippen LogP contribution in [-0.2, 0) is 23.9 Å². The van der Waals surface area contributed by atoms with Crippen molar-refractivity contribution in [3.8, 4) is 5.75 Å². The number of ether oxygens (including phenoxy) is 2. The van der Waals surface area contributed by atoms with E-state index in [9.17, 15) is 24.3 Å². The van der Waals surface area contributed by atoms with Crippen LogP contribution in [0.3, 0.4) is 0 Å². The minimum atomic E-state index is -1.12. The molecule has 3 amide bonds. The van der Waals surface area contributed by atoms with E-state index < -0.39 is 41.6 Å². The van der Waals surface area contributed by atoms with Crippen molar-refractivity contribution in [1.29, 1.82) is 0 Å². The fraction of sp³-hybridized carbons (Fsp3) is 0.600. The van der Waals surface area contributed by atoms with Crippen LogP contribution in [0.25, 0.3) is 0 Å². The fourth-order valence-corrected chi connectivity index (χ4v) is 3.38. The third kappa shape index (κ3) is 10.7. The maximum Gasteiger partial charge on any atom is 0.408 e. The van der Waals surface area contributed by atoms with Crippen molar-refractivity contribution in [3.05, 3.63) is 29.8 Å². The van der Waals surface area contributed by atoms with Gasteiger partial charge in [0.2, 0.25) is 11.8 Å². The number of aromatic hydroxyl groups is 1. The number of amides is 3. The molecular formula is C25H39N3O7. The van der Waals surface area contributed by atoms with Gasteiger partial charge in [-0.3, -0.25) is 14.4 Å². The van der Waals surface area contributed by atoms with Gasteiger partial charge >= 0.3 is 12.1 Å². The molecule has 0 aliphatic rings. The molecule has 0 aromatic heterocycles. The zero-order valence-corrected chi connectivity index (χ0v) is 21.7. The molecule has 2 unspecified atom stereocenters. The Kier molecular flexibility index (Phi) is 11.5. The van der Waals surface area contributed by atoms with E-state index in [2.05, 4.69) is 10.6 Å². The normalized spacial score (nSPS) is 12.9. The molecule has 10 nitrogen and oxygen atoms in total. The first-order valence-corrected chi connectivity index (χ1v) is 11.7. The summed E-state index contributed by atoms with van der Waals surface area (Å²) >= 11 is 0. The third-order valence-corrected chi connectivity index (χ3v) is 4.80. The number of esters is 1. The van der Waals surface area contributed by atoms with E-state index in [1.807, 2.05) is 13.8 Å². The first kappa shape index (κ1) is 29.7. The second-order valence-corrected chi connectivity index (χ2v) is 9.62. The molecule has 10 heteroatoms. The highest BCUT2D eigenvalue weighted by Gasteiger charge is 2.34. The maximum atomic E-state index is 13.5. The lowest BCUT2D eigenvalue weighted by atomic mass is 9.99. The molecule has 0 fully saturated rings. The number of rotatable bonds is 11. The van der Waals surface area contributed by atoms with Gasteiger partial charge in [0.05, 0.1) is 13.0 Å². The van der Waals surface area contributed by atoms with Crippen molar-refractivity contribution >= 4 is 23.9 Å². The SMILES string of the molecule is CCOC(=O)CCNC(=O)C(c1cccc(O)c1)N(C)C(=O)C(CC(C)C)NC(=O)OC(C)(C)C. The summed E-state index contributed by atoms with van der Waals surface area (Å²) in [5.41, 5.74) is -0.375. The standard InChI is InChI=1S/C25H39N3O7/c1-8-34-20(30)12-13-26-22(31)21(17-10-9-11-18(29)15-17)28(7)23(32)19(14-16(2)3)27-24(33)35-25(4,5)6/h9-11,15-16,19,21,29H,8,12-14H2,1-7H3,(H,26,31)(H,27,33). The van der Waals surface area contributed by atoms with Crippen molar-refractivity contribution in [2.75, 3.05) is 20.2 Å². The van der Waals surface area contributed by atoms with E-state index in [4.69, 9.17) is 9.47 Å². The molecule has 196 valence electrons. The van der Waals surface area contributed by atoms with E-state index >= 15 is 0 Å². The number of hydrogen-bond donors (Lipinski definition) is 3. The largest absolute Gasteiger partial charge is 0.508 e. The van der Waals surface area contributed by atoms with Crippen LogP contribution in [0.15, 0.2) is 24.3 Å². The smallest absolute Gasteiger partial charge is 0.408 e. The summed E-state index contributed by atoms with van der Waals surface area (Å²) in [5, 5.41) is 15.2. The van der Waals surface area contributed by atoms with Crippen LogP contribution in [-0.4, -0.2) is 65.7 Å². The molecule has 0 aliphatic carbocycles. The third-order valence-electron chi connectivity index (χ3n) is 4.80. The van der Waals surface area contributed by atoms with Crippen molar-refractivity contribution < 1.29 is 33.8 Å². The highest BCUT2D eigenvalue weighted by molar-refractivity contribution is 5.92. The zero-order chi connectivity index (χ0) is 26.8. The summed E-state index contributed by atoms with van der Waals surface area (Å²) < 4.78 is 10.2. The van der Waals surface area contributed by atoms with Crippen LogP contribution < -0.4 is 10.6 Å². The highest BCUT2D eigenvalue weighted by Crippen LogP contribution is 2.25. The number of alkyl carbamates (subject to hydrolysis) is 1. The number of phenols is 1. The Balaban J connectivity index is 3.16. The summed E-state index contributed by atoms with van der Waals surface area (Å²) in [5.74, 6) is -1.51. The molecule has 0 saturated carbocycles. The summed E-state index contributed by atoms with van der Waals surface area (Å²) in [6.45, 7) is 10.9. The number of hydrogen-bond acceptors (Lipinski definition) is 7. The molecule has 1 rings (SSSR count). The molecular weight excluding hydrogens is 454 g/mol. The predicted molar refractivity (Wildman–Crippen MR) is 130 cm³/mol.